The minimum atomic E-state index is -0.904. The van der Waals surface area contributed by atoms with E-state index in [4.69, 9.17) is 5.11 Å². The molecule has 0 saturated heterocycles. The monoisotopic (exact) mass is 237 g/mol. The van der Waals surface area contributed by atoms with Crippen molar-refractivity contribution in [1.29, 1.82) is 0 Å². The maximum absolute atomic E-state index is 11.8. The van der Waals surface area contributed by atoms with Crippen molar-refractivity contribution in [2.24, 2.45) is 17.3 Å². The zero-order valence-electron chi connectivity index (χ0n) is 9.73. The summed E-state index contributed by atoms with van der Waals surface area (Å²) in [6.07, 6.45) is 3.31. The lowest BCUT2D eigenvalue weighted by atomic mass is 10.1. The van der Waals surface area contributed by atoms with Gasteiger partial charge in [-0.2, -0.15) is 5.10 Å². The van der Waals surface area contributed by atoms with Gasteiger partial charge in [0, 0.05) is 18.3 Å². The molecule has 2 rings (SSSR count). The Kier molecular flexibility index (Phi) is 2.65. The highest BCUT2D eigenvalue weighted by Crippen LogP contribution is 2.58. The zero-order valence-corrected chi connectivity index (χ0v) is 9.73. The summed E-state index contributed by atoms with van der Waals surface area (Å²) in [6.45, 7) is 3.97. The van der Waals surface area contributed by atoms with Crippen LogP contribution in [0.4, 0.5) is 0 Å². The van der Waals surface area contributed by atoms with Crippen molar-refractivity contribution in [3.8, 4) is 0 Å². The van der Waals surface area contributed by atoms with Crippen LogP contribution in [0.25, 0.3) is 0 Å². The third kappa shape index (κ3) is 2.02. The van der Waals surface area contributed by atoms with Crippen LogP contribution in [0.3, 0.4) is 0 Å². The molecule has 3 N–H and O–H groups in total. The molecule has 0 spiro atoms. The number of rotatable bonds is 4. The predicted octanol–water partition coefficient (Wildman–Crippen LogP) is 0.383. The van der Waals surface area contributed by atoms with Gasteiger partial charge in [0.2, 0.25) is 5.91 Å². The van der Waals surface area contributed by atoms with E-state index in [9.17, 15) is 9.59 Å². The molecule has 6 heteroatoms. The molecular weight excluding hydrogens is 222 g/mol. The first-order valence-electron chi connectivity index (χ1n) is 5.42. The lowest BCUT2D eigenvalue weighted by molar-refractivity contribution is -0.140. The molecule has 1 fully saturated rings. The Balaban J connectivity index is 1.92. The first-order valence-corrected chi connectivity index (χ1v) is 5.42. The number of H-pyrrole nitrogens is 1. The summed E-state index contributed by atoms with van der Waals surface area (Å²) in [5.41, 5.74) is 0.412. The van der Waals surface area contributed by atoms with Crippen LogP contribution in [0.2, 0.25) is 0 Å². The van der Waals surface area contributed by atoms with E-state index in [1.165, 1.54) is 0 Å². The third-order valence-corrected chi connectivity index (χ3v) is 3.40. The molecule has 0 aliphatic heterocycles. The summed E-state index contributed by atoms with van der Waals surface area (Å²) >= 11 is 0. The zero-order chi connectivity index (χ0) is 12.6. The third-order valence-electron chi connectivity index (χ3n) is 3.40. The van der Waals surface area contributed by atoms with Gasteiger partial charge in [0.05, 0.1) is 18.0 Å². The highest BCUT2D eigenvalue weighted by atomic mass is 16.4. The van der Waals surface area contributed by atoms with Crippen LogP contribution < -0.4 is 5.32 Å². The van der Waals surface area contributed by atoms with E-state index in [1.54, 1.807) is 26.2 Å². The second-order valence-electron chi connectivity index (χ2n) is 4.94. The Morgan fingerprint density at radius 1 is 1.53 bits per heavy atom. The second-order valence-corrected chi connectivity index (χ2v) is 4.94. The van der Waals surface area contributed by atoms with E-state index < -0.39 is 23.2 Å². The molecule has 2 atom stereocenters. The molecule has 92 valence electrons. The van der Waals surface area contributed by atoms with Crippen LogP contribution in [0.1, 0.15) is 19.4 Å². The number of carboxylic acid groups (broad SMARTS) is 1. The van der Waals surface area contributed by atoms with E-state index in [-0.39, 0.29) is 5.91 Å². The number of hydrogen-bond acceptors (Lipinski definition) is 3. The van der Waals surface area contributed by atoms with Crippen molar-refractivity contribution in [1.82, 2.24) is 15.5 Å². The van der Waals surface area contributed by atoms with Crippen molar-refractivity contribution >= 4 is 11.9 Å². The molecule has 1 amide bonds. The van der Waals surface area contributed by atoms with Gasteiger partial charge in [-0.3, -0.25) is 14.7 Å². The summed E-state index contributed by atoms with van der Waals surface area (Å²) in [6, 6.07) is 0. The average molecular weight is 237 g/mol. The summed E-state index contributed by atoms with van der Waals surface area (Å²) in [4.78, 5) is 22.8. The molecule has 1 aromatic rings. The molecule has 6 nitrogen and oxygen atoms in total. The second kappa shape index (κ2) is 3.87. The molecule has 0 aromatic carbocycles. The van der Waals surface area contributed by atoms with Gasteiger partial charge < -0.3 is 10.4 Å². The SMILES string of the molecule is CC1(C)[C@H](C(=O)O)[C@@H]1C(=O)NCc1cn[nH]c1. The standard InChI is InChI=1S/C11H15N3O3/c1-11(2)7(8(11)10(16)17)9(15)12-3-6-4-13-14-5-6/h4-5,7-8H,3H2,1-2H3,(H,12,15)(H,13,14)(H,16,17)/t7-,8+/m1/s1. The molecule has 0 radical (unpaired) electrons. The van der Waals surface area contributed by atoms with Gasteiger partial charge in [0.25, 0.3) is 0 Å². The minimum absolute atomic E-state index is 0.205. The number of aromatic amines is 1. The van der Waals surface area contributed by atoms with E-state index in [1.807, 2.05) is 0 Å². The maximum atomic E-state index is 11.8. The quantitative estimate of drug-likeness (QED) is 0.705. The van der Waals surface area contributed by atoms with E-state index in [0.717, 1.165) is 5.56 Å². The van der Waals surface area contributed by atoms with Crippen LogP contribution in [-0.4, -0.2) is 27.2 Å². The first kappa shape index (κ1) is 11.6. The molecule has 1 aliphatic carbocycles. The van der Waals surface area contributed by atoms with Gasteiger partial charge >= 0.3 is 5.97 Å². The molecule has 0 unspecified atom stereocenters. The van der Waals surface area contributed by atoms with Crippen LogP contribution in [0.5, 0.6) is 0 Å². The van der Waals surface area contributed by atoms with Crippen LogP contribution >= 0.6 is 0 Å². The Bertz CT molecular complexity index is 439. The lowest BCUT2D eigenvalue weighted by Crippen LogP contribution is -2.26. The van der Waals surface area contributed by atoms with Gasteiger partial charge in [-0.15, -0.1) is 0 Å². The van der Waals surface area contributed by atoms with Crippen molar-refractivity contribution in [3.05, 3.63) is 18.0 Å². The number of nitrogens with one attached hydrogen (secondary N) is 2. The van der Waals surface area contributed by atoms with E-state index in [0.29, 0.717) is 6.54 Å². The summed E-state index contributed by atoms with van der Waals surface area (Å²) in [5, 5.41) is 18.1. The van der Waals surface area contributed by atoms with Crippen molar-refractivity contribution in [2.75, 3.05) is 0 Å². The van der Waals surface area contributed by atoms with Crippen molar-refractivity contribution < 1.29 is 14.7 Å². The van der Waals surface area contributed by atoms with Crippen molar-refractivity contribution in [3.63, 3.8) is 0 Å². The minimum Gasteiger partial charge on any atom is -0.481 e. The predicted molar refractivity (Wildman–Crippen MR) is 58.8 cm³/mol. The Labute approximate surface area is 98.4 Å². The highest BCUT2D eigenvalue weighted by molar-refractivity contribution is 5.91. The van der Waals surface area contributed by atoms with Gasteiger partial charge in [-0.1, -0.05) is 13.8 Å². The number of hydrogen-bond donors (Lipinski definition) is 3. The molecule has 1 aromatic heterocycles. The molecule has 17 heavy (non-hydrogen) atoms. The topological polar surface area (TPSA) is 95.1 Å². The molecule has 1 aliphatic rings. The number of aromatic nitrogens is 2. The molecule has 1 saturated carbocycles. The van der Waals surface area contributed by atoms with Gasteiger partial charge in [-0.05, 0) is 5.41 Å². The summed E-state index contributed by atoms with van der Waals surface area (Å²) in [7, 11) is 0. The first-order chi connectivity index (χ1) is 7.94. The average Bonchev–Trinajstić information content (AvgIpc) is 2.65. The van der Waals surface area contributed by atoms with Gasteiger partial charge in [-0.25, -0.2) is 0 Å². The fraction of sp³-hybridized carbons (Fsp3) is 0.545. The Morgan fingerprint density at radius 3 is 2.71 bits per heavy atom. The smallest absolute Gasteiger partial charge is 0.307 e. The van der Waals surface area contributed by atoms with Crippen molar-refractivity contribution in [2.45, 2.75) is 20.4 Å². The van der Waals surface area contributed by atoms with Gasteiger partial charge in [0.1, 0.15) is 0 Å². The molecular formula is C11H15N3O3. The van der Waals surface area contributed by atoms with Crippen LogP contribution in [0.15, 0.2) is 12.4 Å². The van der Waals surface area contributed by atoms with Crippen LogP contribution in [0, 0.1) is 17.3 Å². The number of nitrogens with zero attached hydrogens (tertiary/aromatic N) is 1. The normalized spacial score (nSPS) is 25.3. The Hall–Kier alpha value is -1.85. The molecule has 1 heterocycles. The number of carbonyl (C=O) groups excluding carboxylic acids is 1. The number of aliphatic carboxylic acids is 1. The van der Waals surface area contributed by atoms with E-state index >= 15 is 0 Å². The fourth-order valence-corrected chi connectivity index (χ4v) is 2.26. The summed E-state index contributed by atoms with van der Waals surface area (Å²) < 4.78 is 0. The fourth-order valence-electron chi connectivity index (χ4n) is 2.26. The summed E-state index contributed by atoms with van der Waals surface area (Å²) in [5.74, 6) is -2.12. The number of carboxylic acids is 1. The highest BCUT2D eigenvalue weighted by Gasteiger charge is 2.65. The maximum Gasteiger partial charge on any atom is 0.307 e. The molecule has 0 bridgehead atoms. The number of amides is 1. The van der Waals surface area contributed by atoms with Gasteiger partial charge in [0.15, 0.2) is 0 Å². The Morgan fingerprint density at radius 2 is 2.24 bits per heavy atom. The largest absolute Gasteiger partial charge is 0.481 e. The van der Waals surface area contributed by atoms with E-state index in [2.05, 4.69) is 15.5 Å². The number of carbonyl (C=O) groups is 2. The van der Waals surface area contributed by atoms with Crippen LogP contribution in [-0.2, 0) is 16.1 Å². The lowest BCUT2D eigenvalue weighted by Gasteiger charge is -2.04.